The summed E-state index contributed by atoms with van der Waals surface area (Å²) < 4.78 is 19.5. The number of esters is 1. The van der Waals surface area contributed by atoms with Crippen LogP contribution in [0.4, 0.5) is 4.39 Å². The number of carbonyl (C=O) groups is 2. The number of hydrogen-bond donors (Lipinski definition) is 1. The molecule has 168 valence electrons. The van der Waals surface area contributed by atoms with E-state index in [0.29, 0.717) is 17.1 Å². The predicted octanol–water partition coefficient (Wildman–Crippen LogP) is 5.88. The third-order valence-corrected chi connectivity index (χ3v) is 8.04. The highest BCUT2D eigenvalue weighted by Crippen LogP contribution is 2.59. The molecule has 4 saturated carbocycles. The fourth-order valence-electron chi connectivity index (χ4n) is 6.82. The van der Waals surface area contributed by atoms with Gasteiger partial charge < -0.3 is 10.1 Å². The van der Waals surface area contributed by atoms with Crippen molar-refractivity contribution in [1.29, 1.82) is 0 Å². The zero-order valence-electron chi connectivity index (χ0n) is 18.1. The summed E-state index contributed by atoms with van der Waals surface area (Å²) in [6.45, 7) is 0.656. The summed E-state index contributed by atoms with van der Waals surface area (Å²) in [6.07, 6.45) is 7.66. The lowest BCUT2D eigenvalue weighted by Gasteiger charge is -2.56. The monoisotopic (exact) mass is 455 g/mol. The molecule has 0 heterocycles. The molecule has 1 amide bonds. The van der Waals surface area contributed by atoms with E-state index in [-0.39, 0.29) is 28.0 Å². The molecule has 6 rings (SSSR count). The van der Waals surface area contributed by atoms with Crippen molar-refractivity contribution < 1.29 is 18.7 Å². The number of methoxy groups -OCH3 is 1. The molecular weight excluding hydrogens is 429 g/mol. The Kier molecular flexibility index (Phi) is 5.48. The number of ether oxygens (including phenoxy) is 1. The third-order valence-electron chi connectivity index (χ3n) is 7.71. The molecule has 0 unspecified atom stereocenters. The van der Waals surface area contributed by atoms with Crippen LogP contribution in [0.5, 0.6) is 0 Å². The topological polar surface area (TPSA) is 55.4 Å². The predicted molar refractivity (Wildman–Crippen MR) is 121 cm³/mol. The first-order valence-corrected chi connectivity index (χ1v) is 11.7. The summed E-state index contributed by atoms with van der Waals surface area (Å²) in [6, 6.07) is 8.99. The van der Waals surface area contributed by atoms with Crippen LogP contribution in [0.15, 0.2) is 36.4 Å². The van der Waals surface area contributed by atoms with E-state index >= 15 is 0 Å². The van der Waals surface area contributed by atoms with Crippen LogP contribution in [0.1, 0.15) is 59.2 Å². The highest BCUT2D eigenvalue weighted by molar-refractivity contribution is 6.34. The Bertz CT molecular complexity index is 1050. The van der Waals surface area contributed by atoms with Crippen LogP contribution in [-0.2, 0) is 4.74 Å². The van der Waals surface area contributed by atoms with Crippen LogP contribution in [0, 0.1) is 29.0 Å². The van der Waals surface area contributed by atoms with Gasteiger partial charge in [-0.2, -0.15) is 0 Å². The molecule has 2 aromatic rings. The van der Waals surface area contributed by atoms with Crippen LogP contribution < -0.4 is 5.32 Å². The molecule has 32 heavy (non-hydrogen) atoms. The van der Waals surface area contributed by atoms with Crippen LogP contribution in [0.3, 0.4) is 0 Å². The second-order valence-corrected chi connectivity index (χ2v) is 10.4. The largest absolute Gasteiger partial charge is 0.465 e. The first-order valence-electron chi connectivity index (χ1n) is 11.3. The maximum absolute atomic E-state index is 14.7. The van der Waals surface area contributed by atoms with Crippen LogP contribution in [0.25, 0.3) is 11.1 Å². The SMILES string of the molecule is COC(=O)c1cccc(F)c1-c1ccc(Cl)c(C(=O)NCC23CC4CC(CC(C4)C2)C3)c1. The average molecular weight is 456 g/mol. The van der Waals surface area contributed by atoms with E-state index in [1.54, 1.807) is 18.2 Å². The van der Waals surface area contributed by atoms with Gasteiger partial charge in [0.25, 0.3) is 5.91 Å². The second-order valence-electron chi connectivity index (χ2n) is 9.95. The van der Waals surface area contributed by atoms with Gasteiger partial charge in [-0.25, -0.2) is 9.18 Å². The third kappa shape index (κ3) is 3.81. The minimum atomic E-state index is -0.637. The molecule has 0 aromatic heterocycles. The molecule has 0 spiro atoms. The number of nitrogens with one attached hydrogen (secondary N) is 1. The van der Waals surface area contributed by atoms with Crippen molar-refractivity contribution in [3.05, 3.63) is 58.4 Å². The molecule has 2 aromatic carbocycles. The van der Waals surface area contributed by atoms with Gasteiger partial charge in [0.2, 0.25) is 0 Å². The lowest BCUT2D eigenvalue weighted by atomic mass is 9.49. The fourth-order valence-corrected chi connectivity index (χ4v) is 7.03. The molecule has 6 heteroatoms. The lowest BCUT2D eigenvalue weighted by Crippen LogP contribution is -2.51. The molecule has 4 fully saturated rings. The van der Waals surface area contributed by atoms with Gasteiger partial charge in [-0.05, 0) is 91.5 Å². The molecular formula is C26H27ClFNO3. The van der Waals surface area contributed by atoms with E-state index < -0.39 is 11.8 Å². The Morgan fingerprint density at radius 3 is 2.34 bits per heavy atom. The van der Waals surface area contributed by atoms with Gasteiger partial charge >= 0.3 is 5.97 Å². The molecule has 4 nitrogen and oxygen atoms in total. The highest BCUT2D eigenvalue weighted by Gasteiger charge is 2.50. The summed E-state index contributed by atoms with van der Waals surface area (Å²) in [5.41, 5.74) is 1.11. The molecule has 4 aliphatic carbocycles. The Balaban J connectivity index is 1.39. The Hall–Kier alpha value is -2.40. The summed E-state index contributed by atoms with van der Waals surface area (Å²) >= 11 is 6.36. The zero-order valence-corrected chi connectivity index (χ0v) is 18.9. The molecule has 1 N–H and O–H groups in total. The van der Waals surface area contributed by atoms with E-state index in [0.717, 1.165) is 17.8 Å². The lowest BCUT2D eigenvalue weighted by molar-refractivity contribution is -0.0503. The zero-order chi connectivity index (χ0) is 22.5. The standard InChI is InChI=1S/C26H27ClFNO3/c1-32-25(31)19-3-2-4-22(28)23(19)18-5-6-21(27)20(10-18)24(30)29-14-26-11-15-7-16(12-26)9-17(8-15)13-26/h2-6,10,15-17H,7-9,11-14H2,1H3,(H,29,30). The van der Waals surface area contributed by atoms with E-state index in [9.17, 15) is 14.0 Å². The van der Waals surface area contributed by atoms with Crippen LogP contribution in [0.2, 0.25) is 5.02 Å². The maximum Gasteiger partial charge on any atom is 0.338 e. The number of benzene rings is 2. The maximum atomic E-state index is 14.7. The summed E-state index contributed by atoms with van der Waals surface area (Å²) in [5, 5.41) is 3.43. The van der Waals surface area contributed by atoms with Gasteiger partial charge in [0, 0.05) is 12.1 Å². The summed E-state index contributed by atoms with van der Waals surface area (Å²) in [7, 11) is 1.25. The van der Waals surface area contributed by atoms with Gasteiger partial charge in [-0.3, -0.25) is 4.79 Å². The Morgan fingerprint density at radius 1 is 1.06 bits per heavy atom. The minimum Gasteiger partial charge on any atom is -0.465 e. The number of carbonyl (C=O) groups excluding carboxylic acids is 2. The van der Waals surface area contributed by atoms with Crippen molar-refractivity contribution in [2.45, 2.75) is 38.5 Å². The highest BCUT2D eigenvalue weighted by atomic mass is 35.5. The van der Waals surface area contributed by atoms with Crippen molar-refractivity contribution in [3.8, 4) is 11.1 Å². The van der Waals surface area contributed by atoms with Gasteiger partial charge in [0.15, 0.2) is 0 Å². The Morgan fingerprint density at radius 2 is 1.72 bits per heavy atom. The van der Waals surface area contributed by atoms with Gasteiger partial charge in [-0.1, -0.05) is 23.7 Å². The second kappa shape index (κ2) is 8.18. The minimum absolute atomic E-state index is 0.103. The van der Waals surface area contributed by atoms with Crippen LogP contribution in [-0.4, -0.2) is 25.5 Å². The number of hydrogen-bond acceptors (Lipinski definition) is 3. The molecule has 0 atom stereocenters. The van der Waals surface area contributed by atoms with Gasteiger partial charge in [0.1, 0.15) is 5.82 Å². The normalized spacial score (nSPS) is 27.9. The molecule has 0 radical (unpaired) electrons. The van der Waals surface area contributed by atoms with Crippen molar-refractivity contribution in [3.63, 3.8) is 0 Å². The van der Waals surface area contributed by atoms with Gasteiger partial charge in [0.05, 0.1) is 23.3 Å². The van der Waals surface area contributed by atoms with Crippen molar-refractivity contribution >= 4 is 23.5 Å². The average Bonchev–Trinajstić information content (AvgIpc) is 2.76. The molecule has 4 bridgehead atoms. The number of halogens is 2. The Labute approximate surface area is 192 Å². The molecule has 0 saturated heterocycles. The van der Waals surface area contributed by atoms with E-state index in [2.05, 4.69) is 5.32 Å². The van der Waals surface area contributed by atoms with E-state index in [1.165, 1.54) is 63.8 Å². The number of rotatable bonds is 5. The molecule has 0 aliphatic heterocycles. The first-order chi connectivity index (χ1) is 15.4. The fraction of sp³-hybridized carbons (Fsp3) is 0.462. The van der Waals surface area contributed by atoms with Crippen molar-refractivity contribution in [2.75, 3.05) is 13.7 Å². The molecule has 4 aliphatic rings. The summed E-state index contributed by atoms with van der Waals surface area (Å²) in [4.78, 5) is 25.3. The van der Waals surface area contributed by atoms with E-state index in [4.69, 9.17) is 16.3 Å². The van der Waals surface area contributed by atoms with Crippen LogP contribution >= 0.6 is 11.6 Å². The van der Waals surface area contributed by atoms with Crippen molar-refractivity contribution in [1.82, 2.24) is 5.32 Å². The summed E-state index contributed by atoms with van der Waals surface area (Å²) in [5.74, 6) is 0.967. The van der Waals surface area contributed by atoms with Gasteiger partial charge in [-0.15, -0.1) is 0 Å². The van der Waals surface area contributed by atoms with E-state index in [1.807, 2.05) is 0 Å². The number of amides is 1. The smallest absolute Gasteiger partial charge is 0.338 e. The van der Waals surface area contributed by atoms with Crippen molar-refractivity contribution in [2.24, 2.45) is 23.2 Å². The first kappa shape index (κ1) is 21.4. The quantitative estimate of drug-likeness (QED) is 0.573.